The van der Waals surface area contributed by atoms with Crippen molar-refractivity contribution in [1.82, 2.24) is 9.97 Å². The van der Waals surface area contributed by atoms with E-state index < -0.39 is 11.7 Å². The number of aromatic nitrogens is 2. The van der Waals surface area contributed by atoms with Crippen molar-refractivity contribution in [3.05, 3.63) is 42.9 Å². The van der Waals surface area contributed by atoms with Crippen LogP contribution in [-0.2, 0) is 4.74 Å². The number of carbonyl (C=O) groups is 1. The standard InChI is InChI=1S/C15H17N3O2/c1-15(2,3)20-14(19)18-13-10-16-9-7-11(13)12-6-4-5-8-17-12/h4-10H,1-3H3,(H,18,19). The number of nitrogens with one attached hydrogen (secondary N) is 1. The first kappa shape index (κ1) is 14.0. The van der Waals surface area contributed by atoms with E-state index in [2.05, 4.69) is 15.3 Å². The zero-order valence-corrected chi connectivity index (χ0v) is 11.8. The number of ether oxygens (including phenoxy) is 1. The summed E-state index contributed by atoms with van der Waals surface area (Å²) in [5.74, 6) is 0. The van der Waals surface area contributed by atoms with Gasteiger partial charge >= 0.3 is 6.09 Å². The third kappa shape index (κ3) is 3.78. The normalized spacial score (nSPS) is 10.9. The van der Waals surface area contributed by atoms with Gasteiger partial charge in [0.25, 0.3) is 0 Å². The van der Waals surface area contributed by atoms with Crippen molar-refractivity contribution in [2.45, 2.75) is 26.4 Å². The Kier molecular flexibility index (Phi) is 3.98. The summed E-state index contributed by atoms with van der Waals surface area (Å²) in [4.78, 5) is 20.1. The molecule has 0 aliphatic heterocycles. The van der Waals surface area contributed by atoms with E-state index in [0.29, 0.717) is 5.69 Å². The molecule has 2 aromatic rings. The van der Waals surface area contributed by atoms with E-state index in [-0.39, 0.29) is 0 Å². The maximum Gasteiger partial charge on any atom is 0.412 e. The topological polar surface area (TPSA) is 64.1 Å². The molecule has 0 saturated heterocycles. The largest absolute Gasteiger partial charge is 0.444 e. The first-order valence-corrected chi connectivity index (χ1v) is 6.31. The fourth-order valence-electron chi connectivity index (χ4n) is 1.65. The second kappa shape index (κ2) is 5.69. The number of hydrogen-bond acceptors (Lipinski definition) is 4. The van der Waals surface area contributed by atoms with Gasteiger partial charge in [-0.3, -0.25) is 15.3 Å². The van der Waals surface area contributed by atoms with Gasteiger partial charge in [-0.05, 0) is 39.0 Å². The number of pyridine rings is 2. The summed E-state index contributed by atoms with van der Waals surface area (Å²) in [5, 5.41) is 2.70. The Morgan fingerprint density at radius 1 is 1.20 bits per heavy atom. The summed E-state index contributed by atoms with van der Waals surface area (Å²) in [7, 11) is 0. The molecule has 5 nitrogen and oxygen atoms in total. The number of hydrogen-bond donors (Lipinski definition) is 1. The van der Waals surface area contributed by atoms with Gasteiger partial charge in [0.15, 0.2) is 0 Å². The van der Waals surface area contributed by atoms with Crippen molar-refractivity contribution in [3.8, 4) is 11.3 Å². The minimum absolute atomic E-state index is 0.511. The molecule has 0 unspecified atom stereocenters. The Labute approximate surface area is 118 Å². The van der Waals surface area contributed by atoms with Crippen LogP contribution < -0.4 is 5.32 Å². The lowest BCUT2D eigenvalue weighted by molar-refractivity contribution is 0.0636. The average Bonchev–Trinajstić information content (AvgIpc) is 2.38. The number of anilines is 1. The van der Waals surface area contributed by atoms with Gasteiger partial charge in [0.2, 0.25) is 0 Å². The van der Waals surface area contributed by atoms with Crippen LogP contribution in [0.4, 0.5) is 10.5 Å². The van der Waals surface area contributed by atoms with Crippen LogP contribution in [0.15, 0.2) is 42.9 Å². The highest BCUT2D eigenvalue weighted by Crippen LogP contribution is 2.25. The zero-order valence-electron chi connectivity index (χ0n) is 11.8. The van der Waals surface area contributed by atoms with Gasteiger partial charge in [0.05, 0.1) is 17.6 Å². The minimum Gasteiger partial charge on any atom is -0.444 e. The van der Waals surface area contributed by atoms with Crippen molar-refractivity contribution in [2.24, 2.45) is 0 Å². The minimum atomic E-state index is -0.544. The SMILES string of the molecule is CC(C)(C)OC(=O)Nc1cnccc1-c1ccccn1. The molecule has 1 amide bonds. The summed E-state index contributed by atoms with van der Waals surface area (Å²) in [6, 6.07) is 7.40. The Morgan fingerprint density at radius 2 is 2.00 bits per heavy atom. The van der Waals surface area contributed by atoms with E-state index >= 15 is 0 Å². The highest BCUT2D eigenvalue weighted by molar-refractivity contribution is 5.90. The lowest BCUT2D eigenvalue weighted by Gasteiger charge is -2.20. The molecule has 20 heavy (non-hydrogen) atoms. The Hall–Kier alpha value is -2.43. The monoisotopic (exact) mass is 271 g/mol. The molecule has 2 heterocycles. The van der Waals surface area contributed by atoms with Crippen LogP contribution in [0.5, 0.6) is 0 Å². The average molecular weight is 271 g/mol. The lowest BCUT2D eigenvalue weighted by Crippen LogP contribution is -2.27. The second-order valence-electron chi connectivity index (χ2n) is 5.26. The van der Waals surface area contributed by atoms with Gasteiger partial charge in [-0.25, -0.2) is 4.79 Å². The van der Waals surface area contributed by atoms with Gasteiger partial charge in [0.1, 0.15) is 5.60 Å². The Bertz CT molecular complexity index is 592. The van der Waals surface area contributed by atoms with Crippen LogP contribution in [0.25, 0.3) is 11.3 Å². The van der Waals surface area contributed by atoms with Crippen molar-refractivity contribution in [2.75, 3.05) is 5.32 Å². The van der Waals surface area contributed by atoms with E-state index in [0.717, 1.165) is 11.3 Å². The number of rotatable bonds is 2. The third-order valence-corrected chi connectivity index (χ3v) is 2.40. The molecule has 5 heteroatoms. The highest BCUT2D eigenvalue weighted by atomic mass is 16.6. The summed E-state index contributed by atoms with van der Waals surface area (Å²) in [6.45, 7) is 5.44. The van der Waals surface area contributed by atoms with Gasteiger partial charge in [-0.1, -0.05) is 6.07 Å². The van der Waals surface area contributed by atoms with E-state index in [1.54, 1.807) is 24.7 Å². The molecule has 0 saturated carbocycles. The second-order valence-corrected chi connectivity index (χ2v) is 5.26. The molecule has 104 valence electrons. The summed E-state index contributed by atoms with van der Waals surface area (Å²) < 4.78 is 5.23. The predicted octanol–water partition coefficient (Wildman–Crippen LogP) is 3.49. The molecule has 0 radical (unpaired) electrons. The van der Waals surface area contributed by atoms with Crippen molar-refractivity contribution in [1.29, 1.82) is 0 Å². The van der Waals surface area contributed by atoms with Gasteiger partial charge in [0, 0.05) is 18.0 Å². The maximum atomic E-state index is 11.8. The van der Waals surface area contributed by atoms with Crippen molar-refractivity contribution < 1.29 is 9.53 Å². The van der Waals surface area contributed by atoms with Crippen LogP contribution in [0.1, 0.15) is 20.8 Å². The van der Waals surface area contributed by atoms with Crippen LogP contribution in [-0.4, -0.2) is 21.7 Å². The molecule has 0 aromatic carbocycles. The highest BCUT2D eigenvalue weighted by Gasteiger charge is 2.17. The first-order valence-electron chi connectivity index (χ1n) is 6.31. The smallest absolute Gasteiger partial charge is 0.412 e. The molecule has 0 fully saturated rings. The molecule has 2 rings (SSSR count). The predicted molar refractivity (Wildman–Crippen MR) is 77.3 cm³/mol. The molecular weight excluding hydrogens is 254 g/mol. The van der Waals surface area contributed by atoms with Crippen LogP contribution in [0, 0.1) is 0 Å². The zero-order chi connectivity index (χ0) is 14.6. The van der Waals surface area contributed by atoms with Crippen LogP contribution >= 0.6 is 0 Å². The summed E-state index contributed by atoms with van der Waals surface area (Å²) in [6.07, 6.45) is 4.42. The lowest BCUT2D eigenvalue weighted by atomic mass is 10.1. The van der Waals surface area contributed by atoms with Gasteiger partial charge < -0.3 is 4.74 Å². The molecule has 0 bridgehead atoms. The molecule has 0 aliphatic carbocycles. The van der Waals surface area contributed by atoms with Gasteiger partial charge in [-0.15, -0.1) is 0 Å². The van der Waals surface area contributed by atoms with E-state index in [1.807, 2.05) is 39.0 Å². The molecular formula is C15H17N3O2. The molecule has 0 spiro atoms. The van der Waals surface area contributed by atoms with Crippen molar-refractivity contribution >= 4 is 11.8 Å². The molecule has 1 N–H and O–H groups in total. The Balaban J connectivity index is 2.23. The Morgan fingerprint density at radius 3 is 2.65 bits per heavy atom. The van der Waals surface area contributed by atoms with Gasteiger partial charge in [-0.2, -0.15) is 0 Å². The molecule has 2 aromatic heterocycles. The first-order chi connectivity index (χ1) is 9.46. The molecule has 0 atom stereocenters. The van der Waals surface area contributed by atoms with E-state index in [9.17, 15) is 4.79 Å². The van der Waals surface area contributed by atoms with Crippen molar-refractivity contribution in [3.63, 3.8) is 0 Å². The summed E-state index contributed by atoms with van der Waals surface area (Å²) in [5.41, 5.74) is 1.59. The number of nitrogens with zero attached hydrogens (tertiary/aromatic N) is 2. The fourth-order valence-corrected chi connectivity index (χ4v) is 1.65. The summed E-state index contributed by atoms with van der Waals surface area (Å²) >= 11 is 0. The molecule has 0 aliphatic rings. The third-order valence-electron chi connectivity index (χ3n) is 2.40. The van der Waals surface area contributed by atoms with Crippen LogP contribution in [0.2, 0.25) is 0 Å². The number of carbonyl (C=O) groups excluding carboxylic acids is 1. The maximum absolute atomic E-state index is 11.8. The number of amides is 1. The van der Waals surface area contributed by atoms with E-state index in [1.165, 1.54) is 0 Å². The quantitative estimate of drug-likeness (QED) is 0.908. The van der Waals surface area contributed by atoms with Crippen LogP contribution in [0.3, 0.4) is 0 Å². The van der Waals surface area contributed by atoms with E-state index in [4.69, 9.17) is 4.74 Å². The fraction of sp³-hybridized carbons (Fsp3) is 0.267.